The molecule has 4 heteroatoms. The molecule has 0 radical (unpaired) electrons. The zero-order valence-corrected chi connectivity index (χ0v) is 19.8. The monoisotopic (exact) mass is 428 g/mol. The van der Waals surface area contributed by atoms with Crippen LogP contribution < -0.4 is 0 Å². The van der Waals surface area contributed by atoms with Crippen LogP contribution in [-0.2, 0) is 4.79 Å². The number of likely N-dealkylation sites (tertiary alicyclic amines) is 1. The number of halogens is 1. The molecule has 1 aliphatic heterocycles. The lowest BCUT2D eigenvalue weighted by atomic mass is 9.48. The predicted molar refractivity (Wildman–Crippen MR) is 120 cm³/mol. The fourth-order valence-electron chi connectivity index (χ4n) is 9.28. The van der Waals surface area contributed by atoms with E-state index in [2.05, 4.69) is 31.7 Å². The summed E-state index contributed by atoms with van der Waals surface area (Å²) in [6.45, 7) is 8.15. The molecule has 1 heterocycles. The Hall–Kier alpha value is -0.950. The quantitative estimate of drug-likeness (QED) is 0.572. The van der Waals surface area contributed by atoms with Gasteiger partial charge in [0, 0.05) is 12.5 Å². The van der Waals surface area contributed by atoms with Crippen molar-refractivity contribution in [2.75, 3.05) is 13.1 Å². The molecule has 0 aromatic carbocycles. The van der Waals surface area contributed by atoms with Crippen molar-refractivity contribution in [3.8, 4) is 6.07 Å². The number of Topliss-reactive ketones (excluding diaryl/α,β-unsaturated/α-hetero) is 1. The van der Waals surface area contributed by atoms with Crippen LogP contribution in [0.25, 0.3) is 0 Å². The maximum atomic E-state index is 16.4. The predicted octanol–water partition coefficient (Wildman–Crippen LogP) is 5.79. The Morgan fingerprint density at radius 3 is 2.61 bits per heavy atom. The van der Waals surface area contributed by atoms with E-state index in [1.165, 1.54) is 6.42 Å². The largest absolute Gasteiger partial charge is 0.298 e. The van der Waals surface area contributed by atoms with E-state index in [-0.39, 0.29) is 29.2 Å². The van der Waals surface area contributed by atoms with Crippen molar-refractivity contribution in [1.29, 1.82) is 5.26 Å². The van der Waals surface area contributed by atoms with Gasteiger partial charge in [-0.15, -0.1) is 0 Å². The molecular formula is C27H41FN2O. The first-order valence-electron chi connectivity index (χ1n) is 13.1. The van der Waals surface area contributed by atoms with Crippen LogP contribution in [0.1, 0.15) is 85.0 Å². The summed E-state index contributed by atoms with van der Waals surface area (Å²) >= 11 is 0. The van der Waals surface area contributed by atoms with Crippen LogP contribution in [0.2, 0.25) is 0 Å². The Labute approximate surface area is 188 Å². The van der Waals surface area contributed by atoms with Crippen molar-refractivity contribution in [1.82, 2.24) is 4.90 Å². The highest BCUT2D eigenvalue weighted by Crippen LogP contribution is 2.66. The highest BCUT2D eigenvalue weighted by molar-refractivity contribution is 5.84. The number of carbonyl (C=O) groups excluding carboxylic acids is 1. The molecule has 172 valence electrons. The molecular weight excluding hydrogens is 387 g/mol. The molecule has 31 heavy (non-hydrogen) atoms. The van der Waals surface area contributed by atoms with Gasteiger partial charge in [-0.05, 0) is 105 Å². The number of hydrogen-bond donors (Lipinski definition) is 0. The van der Waals surface area contributed by atoms with Gasteiger partial charge in [-0.3, -0.25) is 9.69 Å². The zero-order chi connectivity index (χ0) is 22.0. The minimum Gasteiger partial charge on any atom is -0.298 e. The van der Waals surface area contributed by atoms with E-state index >= 15 is 4.39 Å². The number of ketones is 1. The Bertz CT molecular complexity index is 763. The van der Waals surface area contributed by atoms with Crippen LogP contribution in [0.4, 0.5) is 4.39 Å². The summed E-state index contributed by atoms with van der Waals surface area (Å²) in [5, 5.41) is 9.50. The van der Waals surface area contributed by atoms with Crippen molar-refractivity contribution < 1.29 is 9.18 Å². The van der Waals surface area contributed by atoms with Crippen molar-refractivity contribution in [2.24, 2.45) is 46.8 Å². The average molecular weight is 429 g/mol. The molecule has 4 saturated carbocycles. The fourth-order valence-corrected chi connectivity index (χ4v) is 9.28. The summed E-state index contributed by atoms with van der Waals surface area (Å²) in [5.74, 6) is 3.13. The van der Waals surface area contributed by atoms with E-state index in [0.717, 1.165) is 64.3 Å². The lowest BCUT2D eigenvalue weighted by Crippen LogP contribution is -2.57. The first-order valence-corrected chi connectivity index (χ1v) is 13.1. The molecule has 5 aliphatic rings. The van der Waals surface area contributed by atoms with Gasteiger partial charge < -0.3 is 0 Å². The van der Waals surface area contributed by atoms with Gasteiger partial charge in [0.15, 0.2) is 5.78 Å². The number of alkyl halides is 1. The second-order valence-electron chi connectivity index (χ2n) is 12.5. The molecule has 0 amide bonds. The van der Waals surface area contributed by atoms with Gasteiger partial charge in [-0.1, -0.05) is 20.8 Å². The molecule has 0 aromatic rings. The Morgan fingerprint density at radius 1 is 1.03 bits per heavy atom. The molecule has 0 spiro atoms. The highest BCUT2D eigenvalue weighted by atomic mass is 19.1. The topological polar surface area (TPSA) is 44.1 Å². The summed E-state index contributed by atoms with van der Waals surface area (Å²) in [4.78, 5) is 15.6. The van der Waals surface area contributed by atoms with Gasteiger partial charge in [-0.25, -0.2) is 4.39 Å². The third-order valence-corrected chi connectivity index (χ3v) is 10.8. The second-order valence-corrected chi connectivity index (χ2v) is 12.5. The van der Waals surface area contributed by atoms with Crippen LogP contribution in [0.5, 0.6) is 0 Å². The number of rotatable bonds is 3. The summed E-state index contributed by atoms with van der Waals surface area (Å²) in [6.07, 6.45) is 10.1. The summed E-state index contributed by atoms with van der Waals surface area (Å²) in [6, 6.07) is 2.31. The Kier molecular flexibility index (Phi) is 5.52. The van der Waals surface area contributed by atoms with Crippen LogP contribution in [-0.4, -0.2) is 35.5 Å². The molecule has 1 saturated heterocycles. The number of hydrogen-bond acceptors (Lipinski definition) is 3. The van der Waals surface area contributed by atoms with Crippen molar-refractivity contribution in [3.05, 3.63) is 0 Å². The standard InChI is InChI=1S/C27H41FN2O/c1-17-8-11-27(28)19(12-17)4-5-21-22-6-7-24(26(22,3)10-9-23(21)27)25(31)16-30-15-18(2)13-20(30)14-29/h17-24H,4-13,15-16H2,1-3H3. The zero-order valence-electron chi connectivity index (χ0n) is 19.8. The minimum absolute atomic E-state index is 0.0386. The maximum absolute atomic E-state index is 16.4. The van der Waals surface area contributed by atoms with E-state index in [4.69, 9.17) is 0 Å². The van der Waals surface area contributed by atoms with E-state index < -0.39 is 5.67 Å². The van der Waals surface area contributed by atoms with E-state index in [1.807, 2.05) is 0 Å². The molecule has 0 aromatic heterocycles. The molecule has 10 unspecified atom stereocenters. The summed E-state index contributed by atoms with van der Waals surface area (Å²) in [7, 11) is 0. The third kappa shape index (κ3) is 3.40. The number of nitriles is 1. The maximum Gasteiger partial charge on any atom is 0.150 e. The van der Waals surface area contributed by atoms with Gasteiger partial charge in [0.25, 0.3) is 0 Å². The van der Waals surface area contributed by atoms with Gasteiger partial charge in [0.05, 0.1) is 18.7 Å². The summed E-state index contributed by atoms with van der Waals surface area (Å²) < 4.78 is 16.4. The van der Waals surface area contributed by atoms with Crippen molar-refractivity contribution in [3.63, 3.8) is 0 Å². The molecule has 0 N–H and O–H groups in total. The molecule has 10 atom stereocenters. The number of fused-ring (bicyclic) bond motifs is 5. The molecule has 4 aliphatic carbocycles. The van der Waals surface area contributed by atoms with Crippen molar-refractivity contribution in [2.45, 2.75) is 96.7 Å². The van der Waals surface area contributed by atoms with Crippen LogP contribution in [0.3, 0.4) is 0 Å². The van der Waals surface area contributed by atoms with E-state index in [0.29, 0.717) is 36.0 Å². The normalized spacial score (nSPS) is 52.1. The lowest BCUT2D eigenvalue weighted by Gasteiger charge is -2.58. The van der Waals surface area contributed by atoms with Gasteiger partial charge in [-0.2, -0.15) is 5.26 Å². The average Bonchev–Trinajstić information content (AvgIpc) is 3.27. The lowest BCUT2D eigenvalue weighted by molar-refractivity contribution is -0.146. The van der Waals surface area contributed by atoms with Gasteiger partial charge in [0.2, 0.25) is 0 Å². The van der Waals surface area contributed by atoms with Gasteiger partial charge in [0.1, 0.15) is 5.67 Å². The van der Waals surface area contributed by atoms with Crippen LogP contribution in [0.15, 0.2) is 0 Å². The number of nitrogens with zero attached hydrogens (tertiary/aromatic N) is 2. The molecule has 3 nitrogen and oxygen atoms in total. The SMILES string of the molecule is CC1CCC2(F)C(CCC3C4CCC(C(=O)CN5CC(C)CC5C#N)C4(C)CCC32)C1. The Morgan fingerprint density at radius 2 is 1.84 bits per heavy atom. The number of carbonyl (C=O) groups is 1. The third-order valence-electron chi connectivity index (χ3n) is 10.8. The second kappa shape index (κ2) is 7.82. The van der Waals surface area contributed by atoms with Crippen LogP contribution in [0, 0.1) is 58.2 Å². The van der Waals surface area contributed by atoms with Gasteiger partial charge >= 0.3 is 0 Å². The molecule has 5 fully saturated rings. The van der Waals surface area contributed by atoms with E-state index in [1.54, 1.807) is 0 Å². The molecule has 5 rings (SSSR count). The molecule has 0 bridgehead atoms. The van der Waals surface area contributed by atoms with Crippen LogP contribution >= 0.6 is 0 Å². The Balaban J connectivity index is 1.31. The minimum atomic E-state index is -0.940. The van der Waals surface area contributed by atoms with Crippen molar-refractivity contribution >= 4 is 5.78 Å². The van der Waals surface area contributed by atoms with E-state index in [9.17, 15) is 10.1 Å². The fraction of sp³-hybridized carbons (Fsp3) is 0.926. The smallest absolute Gasteiger partial charge is 0.150 e. The first kappa shape index (κ1) is 21.9. The summed E-state index contributed by atoms with van der Waals surface area (Å²) in [5.41, 5.74) is -0.901. The highest BCUT2D eigenvalue weighted by Gasteiger charge is 2.62. The first-order chi connectivity index (χ1) is 14.8.